The van der Waals surface area contributed by atoms with Crippen LogP contribution in [0.1, 0.15) is 13.3 Å². The number of halogens is 2. The first-order valence-electron chi connectivity index (χ1n) is 8.86. The molecule has 152 valence electrons. The molecule has 1 fully saturated rings. The molecule has 3 rings (SSSR count). The molecule has 1 saturated heterocycles. The maximum absolute atomic E-state index is 12.8. The van der Waals surface area contributed by atoms with E-state index < -0.39 is 5.25 Å². The van der Waals surface area contributed by atoms with Crippen LogP contribution in [0.15, 0.2) is 47.5 Å². The Morgan fingerprint density at radius 2 is 2.00 bits per heavy atom. The number of hydrogen-bond acceptors (Lipinski definition) is 5. The second-order valence-electron chi connectivity index (χ2n) is 6.19. The molecule has 2 aromatic carbocycles. The fraction of sp³-hybridized carbons (Fsp3) is 0.250. The summed E-state index contributed by atoms with van der Waals surface area (Å²) in [6.07, 6.45) is 0.0869. The molecule has 6 nitrogen and oxygen atoms in total. The van der Waals surface area contributed by atoms with Crippen LogP contribution in [0.3, 0.4) is 0 Å². The number of hydrogen-bond donors (Lipinski definition) is 1. The van der Waals surface area contributed by atoms with E-state index in [1.54, 1.807) is 54.5 Å². The lowest BCUT2D eigenvalue weighted by atomic mass is 10.2. The van der Waals surface area contributed by atoms with Gasteiger partial charge in [-0.15, -0.1) is 0 Å². The average Bonchev–Trinajstić information content (AvgIpc) is 2.67. The molecule has 0 aliphatic carbocycles. The highest BCUT2D eigenvalue weighted by atomic mass is 35.5. The second-order valence-corrected chi connectivity index (χ2v) is 8.23. The van der Waals surface area contributed by atoms with Crippen LogP contribution in [0, 0.1) is 0 Å². The molecule has 1 heterocycles. The van der Waals surface area contributed by atoms with E-state index in [0.717, 1.165) is 0 Å². The molecule has 9 heteroatoms. The standard InChI is InChI=1S/C20H19Cl2N3O3S/c1-3-25-18(26)11-17(19(27)23-14-5-4-6-16(10-14)28-2)29-20(25)24-15-8-12(21)7-13(22)9-15/h4-10,17H,3,11H2,1-2H3,(H,23,27)/t17-/m1/s1. The second kappa shape index (κ2) is 9.52. The van der Waals surface area contributed by atoms with Gasteiger partial charge in [0.05, 0.1) is 12.8 Å². The number of thioether (sulfide) groups is 1. The summed E-state index contributed by atoms with van der Waals surface area (Å²) in [6, 6.07) is 12.0. The molecule has 2 amide bonds. The number of ether oxygens (including phenoxy) is 1. The molecule has 0 bridgehead atoms. The maximum atomic E-state index is 12.8. The number of aliphatic imine (C=N–C) groups is 1. The lowest BCUT2D eigenvalue weighted by molar-refractivity contribution is -0.129. The Hall–Kier alpha value is -2.22. The van der Waals surface area contributed by atoms with E-state index in [2.05, 4.69) is 10.3 Å². The number of benzene rings is 2. The number of anilines is 1. The van der Waals surface area contributed by atoms with Gasteiger partial charge in [-0.3, -0.25) is 14.5 Å². The minimum atomic E-state index is -0.607. The highest BCUT2D eigenvalue weighted by Gasteiger charge is 2.35. The Bertz CT molecular complexity index is 947. The van der Waals surface area contributed by atoms with E-state index in [-0.39, 0.29) is 18.2 Å². The number of amides is 2. The van der Waals surface area contributed by atoms with Crippen LogP contribution >= 0.6 is 35.0 Å². The van der Waals surface area contributed by atoms with Crippen molar-refractivity contribution in [2.45, 2.75) is 18.6 Å². The minimum absolute atomic E-state index is 0.0869. The molecule has 29 heavy (non-hydrogen) atoms. The van der Waals surface area contributed by atoms with Crippen molar-refractivity contribution < 1.29 is 14.3 Å². The van der Waals surface area contributed by atoms with Gasteiger partial charge in [0, 0.05) is 34.8 Å². The number of carbonyl (C=O) groups excluding carboxylic acids is 2. The van der Waals surface area contributed by atoms with Crippen LogP contribution in [0.5, 0.6) is 5.75 Å². The van der Waals surface area contributed by atoms with E-state index in [0.29, 0.717) is 38.9 Å². The molecule has 2 aromatic rings. The molecule has 0 unspecified atom stereocenters. The Balaban J connectivity index is 1.83. The molecule has 1 N–H and O–H groups in total. The molecular formula is C20H19Cl2N3O3S. The number of amidine groups is 1. The topological polar surface area (TPSA) is 71.0 Å². The van der Waals surface area contributed by atoms with Gasteiger partial charge in [-0.1, -0.05) is 41.0 Å². The number of carbonyl (C=O) groups is 2. The molecule has 0 aromatic heterocycles. The molecule has 1 atom stereocenters. The van der Waals surface area contributed by atoms with E-state index >= 15 is 0 Å². The zero-order valence-electron chi connectivity index (χ0n) is 15.8. The molecular weight excluding hydrogens is 433 g/mol. The Morgan fingerprint density at radius 1 is 1.28 bits per heavy atom. The zero-order chi connectivity index (χ0) is 21.0. The van der Waals surface area contributed by atoms with Crippen molar-refractivity contribution in [2.24, 2.45) is 4.99 Å². The lowest BCUT2D eigenvalue weighted by Crippen LogP contribution is -2.45. The first-order chi connectivity index (χ1) is 13.9. The van der Waals surface area contributed by atoms with Crippen LogP contribution in [0.25, 0.3) is 0 Å². The average molecular weight is 452 g/mol. The summed E-state index contributed by atoms with van der Waals surface area (Å²) in [4.78, 5) is 31.5. The van der Waals surface area contributed by atoms with Crippen LogP contribution < -0.4 is 10.1 Å². The highest BCUT2D eigenvalue weighted by Crippen LogP contribution is 2.32. The monoisotopic (exact) mass is 451 g/mol. The van der Waals surface area contributed by atoms with Gasteiger partial charge in [-0.2, -0.15) is 0 Å². The quantitative estimate of drug-likeness (QED) is 0.695. The van der Waals surface area contributed by atoms with Crippen molar-refractivity contribution in [1.82, 2.24) is 4.90 Å². The summed E-state index contributed by atoms with van der Waals surface area (Å²) in [7, 11) is 1.56. The van der Waals surface area contributed by atoms with Crippen LogP contribution in [0.4, 0.5) is 11.4 Å². The van der Waals surface area contributed by atoms with E-state index in [9.17, 15) is 9.59 Å². The van der Waals surface area contributed by atoms with Crippen molar-refractivity contribution in [3.8, 4) is 5.75 Å². The predicted octanol–water partition coefficient (Wildman–Crippen LogP) is 4.98. The third-order valence-electron chi connectivity index (χ3n) is 4.16. The van der Waals surface area contributed by atoms with Crippen molar-refractivity contribution in [3.63, 3.8) is 0 Å². The number of rotatable bonds is 5. The largest absolute Gasteiger partial charge is 0.497 e. The number of methoxy groups -OCH3 is 1. The molecule has 0 saturated carbocycles. The third-order valence-corrected chi connectivity index (χ3v) is 5.78. The van der Waals surface area contributed by atoms with E-state index in [4.69, 9.17) is 27.9 Å². The van der Waals surface area contributed by atoms with Gasteiger partial charge < -0.3 is 10.1 Å². The summed E-state index contributed by atoms with van der Waals surface area (Å²) in [5.74, 6) is 0.195. The maximum Gasteiger partial charge on any atom is 0.238 e. The first kappa shape index (κ1) is 21.5. The Morgan fingerprint density at radius 3 is 2.66 bits per heavy atom. The van der Waals surface area contributed by atoms with Gasteiger partial charge in [0.15, 0.2) is 5.17 Å². The number of nitrogens with one attached hydrogen (secondary N) is 1. The summed E-state index contributed by atoms with van der Waals surface area (Å²) in [5, 5.41) is 3.55. The lowest BCUT2D eigenvalue weighted by Gasteiger charge is -2.31. The van der Waals surface area contributed by atoms with Gasteiger partial charge in [0.1, 0.15) is 11.0 Å². The third kappa shape index (κ3) is 5.44. The predicted molar refractivity (Wildman–Crippen MR) is 119 cm³/mol. The minimum Gasteiger partial charge on any atom is -0.497 e. The Kier molecular flexibility index (Phi) is 7.05. The molecule has 0 spiro atoms. The molecule has 1 aliphatic rings. The van der Waals surface area contributed by atoms with Crippen LogP contribution in [-0.4, -0.2) is 40.8 Å². The van der Waals surface area contributed by atoms with Gasteiger partial charge in [-0.25, -0.2) is 4.99 Å². The summed E-state index contributed by atoms with van der Waals surface area (Å²) >= 11 is 13.3. The van der Waals surface area contributed by atoms with E-state index in [1.165, 1.54) is 11.8 Å². The van der Waals surface area contributed by atoms with Crippen LogP contribution in [0.2, 0.25) is 10.0 Å². The summed E-state index contributed by atoms with van der Waals surface area (Å²) in [6.45, 7) is 2.30. The van der Waals surface area contributed by atoms with Crippen molar-refractivity contribution >= 4 is 63.3 Å². The van der Waals surface area contributed by atoms with Gasteiger partial charge in [0.2, 0.25) is 11.8 Å². The normalized spacial score (nSPS) is 18.1. The van der Waals surface area contributed by atoms with Gasteiger partial charge in [-0.05, 0) is 37.3 Å². The molecule has 0 radical (unpaired) electrons. The fourth-order valence-corrected chi connectivity index (χ4v) is 4.47. The SMILES string of the molecule is CCN1C(=O)C[C@H](C(=O)Nc2cccc(OC)c2)SC1=Nc1cc(Cl)cc(Cl)c1. The summed E-state index contributed by atoms with van der Waals surface area (Å²) in [5.41, 5.74) is 1.12. The smallest absolute Gasteiger partial charge is 0.238 e. The first-order valence-corrected chi connectivity index (χ1v) is 10.5. The van der Waals surface area contributed by atoms with Gasteiger partial charge >= 0.3 is 0 Å². The summed E-state index contributed by atoms with van der Waals surface area (Å²) < 4.78 is 5.17. The number of nitrogens with zero attached hydrogens (tertiary/aromatic N) is 2. The Labute approximate surface area is 183 Å². The highest BCUT2D eigenvalue weighted by molar-refractivity contribution is 8.15. The van der Waals surface area contributed by atoms with Crippen molar-refractivity contribution in [1.29, 1.82) is 0 Å². The van der Waals surface area contributed by atoms with E-state index in [1.807, 2.05) is 6.92 Å². The van der Waals surface area contributed by atoms with Crippen molar-refractivity contribution in [3.05, 3.63) is 52.5 Å². The van der Waals surface area contributed by atoms with Gasteiger partial charge in [0.25, 0.3) is 0 Å². The zero-order valence-corrected chi connectivity index (χ0v) is 18.1. The molecule has 1 aliphatic heterocycles. The van der Waals surface area contributed by atoms with Crippen molar-refractivity contribution in [2.75, 3.05) is 19.0 Å². The van der Waals surface area contributed by atoms with Crippen LogP contribution in [-0.2, 0) is 9.59 Å². The fourth-order valence-electron chi connectivity index (χ4n) is 2.79.